The minimum Gasteiger partial charge on any atom is -0.371 e. The first-order valence-electron chi connectivity index (χ1n) is 10.8. The first-order chi connectivity index (χ1) is 14.6. The Morgan fingerprint density at radius 2 is 1.73 bits per heavy atom. The van der Waals surface area contributed by atoms with E-state index in [2.05, 4.69) is 34.1 Å². The van der Waals surface area contributed by atoms with Crippen molar-refractivity contribution >= 4 is 5.91 Å². The zero-order valence-electron chi connectivity index (χ0n) is 17.5. The van der Waals surface area contributed by atoms with E-state index in [1.165, 1.54) is 17.7 Å². The summed E-state index contributed by atoms with van der Waals surface area (Å²) in [5, 5.41) is 0. The number of amides is 1. The summed E-state index contributed by atoms with van der Waals surface area (Å²) in [5.41, 5.74) is 2.26. The number of carbonyl (C=O) groups is 1. The number of carbonyl (C=O) groups excluding carboxylic acids is 1. The predicted molar refractivity (Wildman–Crippen MR) is 114 cm³/mol. The number of morpholine rings is 1. The third kappa shape index (κ3) is 5.06. The molecule has 1 amide bonds. The van der Waals surface area contributed by atoms with Crippen LogP contribution in [-0.4, -0.2) is 72.5 Å². The Bertz CT molecular complexity index is 822. The van der Waals surface area contributed by atoms with E-state index in [4.69, 9.17) is 4.74 Å². The number of benzene rings is 2. The lowest BCUT2D eigenvalue weighted by atomic mass is 10.1. The van der Waals surface area contributed by atoms with Crippen LogP contribution in [0.5, 0.6) is 0 Å². The van der Waals surface area contributed by atoms with Crippen molar-refractivity contribution in [3.8, 4) is 0 Å². The Balaban J connectivity index is 1.29. The highest BCUT2D eigenvalue weighted by atomic mass is 19.1. The molecule has 0 radical (unpaired) electrons. The van der Waals surface area contributed by atoms with Gasteiger partial charge in [0, 0.05) is 45.8 Å². The van der Waals surface area contributed by atoms with Gasteiger partial charge >= 0.3 is 0 Å². The molecular formula is C24H30FN3O2. The molecule has 2 aromatic rings. The third-order valence-electron chi connectivity index (χ3n) is 6.18. The van der Waals surface area contributed by atoms with Crippen LogP contribution < -0.4 is 0 Å². The van der Waals surface area contributed by atoms with E-state index in [0.717, 1.165) is 44.8 Å². The van der Waals surface area contributed by atoms with E-state index in [1.54, 1.807) is 12.1 Å². The molecule has 0 saturated carbocycles. The van der Waals surface area contributed by atoms with Crippen molar-refractivity contribution < 1.29 is 13.9 Å². The molecule has 6 heteroatoms. The van der Waals surface area contributed by atoms with Crippen LogP contribution in [-0.2, 0) is 16.1 Å². The average Bonchev–Trinajstić information content (AvgIpc) is 2.80. The van der Waals surface area contributed by atoms with Gasteiger partial charge in [-0.05, 0) is 30.2 Å². The molecular weight excluding hydrogens is 381 g/mol. The highest BCUT2D eigenvalue weighted by molar-refractivity contribution is 5.81. The number of halogens is 1. The maximum atomic E-state index is 13.2. The molecule has 0 spiro atoms. The SMILES string of the molecule is CC(C(=O)N1CCN(Cc2ccccc2)CC1)N1CCOC(c2ccc(F)cc2)C1. The zero-order valence-corrected chi connectivity index (χ0v) is 17.5. The molecule has 2 heterocycles. The molecule has 2 fully saturated rings. The lowest BCUT2D eigenvalue weighted by Gasteiger charge is -2.40. The minimum absolute atomic E-state index is 0.127. The van der Waals surface area contributed by atoms with Crippen LogP contribution in [0.4, 0.5) is 4.39 Å². The van der Waals surface area contributed by atoms with Gasteiger partial charge in [-0.25, -0.2) is 4.39 Å². The van der Waals surface area contributed by atoms with Gasteiger partial charge in [0.25, 0.3) is 0 Å². The first kappa shape index (κ1) is 21.0. The third-order valence-corrected chi connectivity index (χ3v) is 6.18. The van der Waals surface area contributed by atoms with Crippen LogP contribution in [0.2, 0.25) is 0 Å². The number of hydrogen-bond donors (Lipinski definition) is 0. The largest absolute Gasteiger partial charge is 0.371 e. The van der Waals surface area contributed by atoms with Gasteiger partial charge in [-0.1, -0.05) is 42.5 Å². The number of hydrogen-bond acceptors (Lipinski definition) is 4. The maximum Gasteiger partial charge on any atom is 0.239 e. The quantitative estimate of drug-likeness (QED) is 0.758. The van der Waals surface area contributed by atoms with E-state index in [1.807, 2.05) is 17.9 Å². The molecule has 2 aliphatic heterocycles. The number of rotatable bonds is 5. The summed E-state index contributed by atoms with van der Waals surface area (Å²) in [6.07, 6.45) is -0.127. The van der Waals surface area contributed by atoms with Gasteiger partial charge in [-0.3, -0.25) is 14.6 Å². The van der Waals surface area contributed by atoms with Gasteiger partial charge in [-0.15, -0.1) is 0 Å². The normalized spacial score (nSPS) is 22.1. The molecule has 4 rings (SSSR count). The second kappa shape index (κ2) is 9.69. The molecule has 30 heavy (non-hydrogen) atoms. The Morgan fingerprint density at radius 1 is 1.03 bits per heavy atom. The summed E-state index contributed by atoms with van der Waals surface area (Å²) >= 11 is 0. The summed E-state index contributed by atoms with van der Waals surface area (Å²) in [6, 6.07) is 16.7. The van der Waals surface area contributed by atoms with E-state index in [-0.39, 0.29) is 23.9 Å². The molecule has 0 bridgehead atoms. The van der Waals surface area contributed by atoms with Gasteiger partial charge in [-0.2, -0.15) is 0 Å². The standard InChI is InChI=1S/C24H30FN3O2/c1-19(28-15-16-30-23(18-28)21-7-9-22(25)10-8-21)24(29)27-13-11-26(12-14-27)17-20-5-3-2-4-6-20/h2-10,19,23H,11-18H2,1H3. The monoisotopic (exact) mass is 411 g/mol. The van der Waals surface area contributed by atoms with E-state index in [9.17, 15) is 9.18 Å². The van der Waals surface area contributed by atoms with Crippen molar-refractivity contribution in [1.29, 1.82) is 0 Å². The Morgan fingerprint density at radius 3 is 2.43 bits per heavy atom. The van der Waals surface area contributed by atoms with Crippen molar-refractivity contribution in [2.24, 2.45) is 0 Å². The van der Waals surface area contributed by atoms with Gasteiger partial charge in [0.05, 0.1) is 18.8 Å². The molecule has 0 N–H and O–H groups in total. The molecule has 0 aromatic heterocycles. The van der Waals surface area contributed by atoms with Crippen molar-refractivity contribution in [3.05, 3.63) is 71.5 Å². The molecule has 2 aromatic carbocycles. The highest BCUT2D eigenvalue weighted by Crippen LogP contribution is 2.24. The van der Waals surface area contributed by atoms with Crippen LogP contribution in [0.3, 0.4) is 0 Å². The first-order valence-corrected chi connectivity index (χ1v) is 10.8. The van der Waals surface area contributed by atoms with Crippen LogP contribution >= 0.6 is 0 Å². The summed E-state index contributed by atoms with van der Waals surface area (Å²) < 4.78 is 19.1. The summed E-state index contributed by atoms with van der Waals surface area (Å²) in [5.74, 6) is -0.0597. The van der Waals surface area contributed by atoms with Crippen molar-refractivity contribution in [3.63, 3.8) is 0 Å². The number of ether oxygens (including phenoxy) is 1. The van der Waals surface area contributed by atoms with Gasteiger partial charge in [0.15, 0.2) is 0 Å². The topological polar surface area (TPSA) is 36.0 Å². The fourth-order valence-electron chi connectivity index (χ4n) is 4.29. The average molecular weight is 412 g/mol. The predicted octanol–water partition coefficient (Wildman–Crippen LogP) is 2.93. The Kier molecular flexibility index (Phi) is 6.77. The second-order valence-electron chi connectivity index (χ2n) is 8.17. The van der Waals surface area contributed by atoms with Crippen LogP contribution in [0.15, 0.2) is 54.6 Å². The van der Waals surface area contributed by atoms with Gasteiger partial charge in [0.2, 0.25) is 5.91 Å². The summed E-state index contributed by atoms with van der Waals surface area (Å²) in [4.78, 5) is 19.7. The van der Waals surface area contributed by atoms with E-state index < -0.39 is 0 Å². The lowest BCUT2D eigenvalue weighted by Crippen LogP contribution is -2.55. The number of piperazine rings is 1. The molecule has 2 unspecified atom stereocenters. The fraction of sp³-hybridized carbons (Fsp3) is 0.458. The Labute approximate surface area is 178 Å². The smallest absolute Gasteiger partial charge is 0.239 e. The Hall–Kier alpha value is -2.28. The molecule has 5 nitrogen and oxygen atoms in total. The zero-order chi connectivity index (χ0) is 20.9. The number of nitrogens with zero attached hydrogens (tertiary/aromatic N) is 3. The molecule has 160 valence electrons. The summed E-state index contributed by atoms with van der Waals surface area (Å²) in [6.45, 7) is 8.20. The molecule has 0 aliphatic carbocycles. The van der Waals surface area contributed by atoms with Crippen LogP contribution in [0.1, 0.15) is 24.2 Å². The second-order valence-corrected chi connectivity index (χ2v) is 8.17. The van der Waals surface area contributed by atoms with E-state index in [0.29, 0.717) is 13.2 Å². The highest BCUT2D eigenvalue weighted by Gasteiger charge is 2.32. The maximum absolute atomic E-state index is 13.2. The van der Waals surface area contributed by atoms with Gasteiger partial charge in [0.1, 0.15) is 5.82 Å². The molecule has 2 saturated heterocycles. The molecule has 2 aliphatic rings. The van der Waals surface area contributed by atoms with Gasteiger partial charge < -0.3 is 9.64 Å². The minimum atomic E-state index is -0.249. The van der Waals surface area contributed by atoms with E-state index >= 15 is 0 Å². The van der Waals surface area contributed by atoms with Crippen LogP contribution in [0, 0.1) is 5.82 Å². The fourth-order valence-corrected chi connectivity index (χ4v) is 4.29. The lowest BCUT2D eigenvalue weighted by molar-refractivity contribution is -0.141. The van der Waals surface area contributed by atoms with Crippen molar-refractivity contribution in [2.45, 2.75) is 25.6 Å². The molecule has 2 atom stereocenters. The van der Waals surface area contributed by atoms with Crippen LogP contribution in [0.25, 0.3) is 0 Å². The van der Waals surface area contributed by atoms with Crippen molar-refractivity contribution in [1.82, 2.24) is 14.7 Å². The summed E-state index contributed by atoms with van der Waals surface area (Å²) in [7, 11) is 0. The van der Waals surface area contributed by atoms with Crippen molar-refractivity contribution in [2.75, 3.05) is 45.9 Å².